The zero-order valence-electron chi connectivity index (χ0n) is 10.2. The van der Waals surface area contributed by atoms with E-state index in [9.17, 15) is 9.59 Å². The maximum atomic E-state index is 11.6. The van der Waals surface area contributed by atoms with E-state index in [2.05, 4.69) is 10.6 Å². The van der Waals surface area contributed by atoms with E-state index < -0.39 is 5.91 Å². The van der Waals surface area contributed by atoms with E-state index in [-0.39, 0.29) is 29.1 Å². The van der Waals surface area contributed by atoms with Crippen LogP contribution in [0.2, 0.25) is 5.02 Å². The molecule has 6 nitrogen and oxygen atoms in total. The quantitative estimate of drug-likeness (QED) is 0.596. The van der Waals surface area contributed by atoms with Crippen molar-refractivity contribution >= 4 is 34.8 Å². The fraction of sp³-hybridized carbons (Fsp3) is 0.333. The Labute approximate surface area is 115 Å². The third-order valence-corrected chi connectivity index (χ3v) is 3.04. The van der Waals surface area contributed by atoms with Gasteiger partial charge in [-0.15, -0.1) is 0 Å². The molecule has 19 heavy (non-hydrogen) atoms. The number of hydrogen-bond acceptors (Lipinski definition) is 4. The summed E-state index contributed by atoms with van der Waals surface area (Å²) >= 11 is 6.00. The first-order chi connectivity index (χ1) is 8.97. The maximum Gasteiger partial charge on any atom is 0.250 e. The van der Waals surface area contributed by atoms with Crippen LogP contribution in [0.3, 0.4) is 0 Å². The minimum atomic E-state index is -0.653. The third-order valence-electron chi connectivity index (χ3n) is 2.75. The average molecular weight is 283 g/mol. The molecule has 1 aliphatic carbocycles. The lowest BCUT2D eigenvalue weighted by molar-refractivity contribution is -0.119. The van der Waals surface area contributed by atoms with Crippen molar-refractivity contribution in [1.82, 2.24) is 5.32 Å². The van der Waals surface area contributed by atoms with Gasteiger partial charge in [-0.3, -0.25) is 9.59 Å². The molecule has 0 radical (unpaired) electrons. The summed E-state index contributed by atoms with van der Waals surface area (Å²) in [6.07, 6.45) is 2.03. The van der Waals surface area contributed by atoms with Crippen molar-refractivity contribution < 1.29 is 9.59 Å². The highest BCUT2D eigenvalue weighted by Crippen LogP contribution is 2.28. The number of nitrogen functional groups attached to an aromatic ring is 1. The molecule has 0 saturated heterocycles. The van der Waals surface area contributed by atoms with E-state index in [0.717, 1.165) is 12.8 Å². The Kier molecular flexibility index (Phi) is 3.80. The van der Waals surface area contributed by atoms with Crippen LogP contribution in [0.25, 0.3) is 0 Å². The molecule has 0 aliphatic heterocycles. The van der Waals surface area contributed by atoms with Crippen molar-refractivity contribution in [3.63, 3.8) is 0 Å². The van der Waals surface area contributed by atoms with Crippen molar-refractivity contribution in [3.05, 3.63) is 22.7 Å². The molecular formula is C12H15ClN4O2. The van der Waals surface area contributed by atoms with E-state index in [1.165, 1.54) is 12.1 Å². The largest absolute Gasteiger partial charge is 0.399 e. The molecule has 7 heteroatoms. The van der Waals surface area contributed by atoms with Crippen LogP contribution in [0.4, 0.5) is 11.4 Å². The second-order valence-electron chi connectivity index (χ2n) is 4.48. The molecule has 1 aromatic rings. The molecule has 0 bridgehead atoms. The second kappa shape index (κ2) is 5.36. The van der Waals surface area contributed by atoms with Gasteiger partial charge in [0.15, 0.2) is 0 Å². The average Bonchev–Trinajstić information content (AvgIpc) is 3.10. The van der Waals surface area contributed by atoms with Crippen molar-refractivity contribution in [2.45, 2.75) is 18.9 Å². The van der Waals surface area contributed by atoms with Crippen LogP contribution in [-0.4, -0.2) is 24.4 Å². The number of benzene rings is 1. The molecule has 0 atom stereocenters. The first kappa shape index (κ1) is 13.5. The lowest BCUT2D eigenvalue weighted by atomic mass is 10.1. The molecule has 0 heterocycles. The number of amides is 2. The first-order valence-electron chi connectivity index (χ1n) is 5.89. The number of anilines is 2. The summed E-state index contributed by atoms with van der Waals surface area (Å²) in [6.45, 7) is 0.0282. The Bertz CT molecular complexity index is 529. The van der Waals surface area contributed by atoms with Gasteiger partial charge in [-0.2, -0.15) is 0 Å². The van der Waals surface area contributed by atoms with Gasteiger partial charge in [0.1, 0.15) is 0 Å². The lowest BCUT2D eigenvalue weighted by Crippen LogP contribution is -2.32. The fourth-order valence-electron chi connectivity index (χ4n) is 1.68. The minimum Gasteiger partial charge on any atom is -0.399 e. The summed E-state index contributed by atoms with van der Waals surface area (Å²) in [4.78, 5) is 22.9. The van der Waals surface area contributed by atoms with Gasteiger partial charge in [0, 0.05) is 11.7 Å². The summed E-state index contributed by atoms with van der Waals surface area (Å²) in [6, 6.07) is 3.21. The molecule has 1 aliphatic rings. The topological polar surface area (TPSA) is 110 Å². The van der Waals surface area contributed by atoms with Gasteiger partial charge in [0.2, 0.25) is 5.91 Å². The van der Waals surface area contributed by atoms with Crippen molar-refractivity contribution in [3.8, 4) is 0 Å². The SMILES string of the molecule is NC(=O)c1cc(N)cc(Cl)c1NCC(=O)NC1CC1. The van der Waals surface area contributed by atoms with E-state index >= 15 is 0 Å². The molecule has 0 unspecified atom stereocenters. The van der Waals surface area contributed by atoms with Gasteiger partial charge < -0.3 is 22.1 Å². The van der Waals surface area contributed by atoms with Crippen molar-refractivity contribution in [2.75, 3.05) is 17.6 Å². The highest BCUT2D eigenvalue weighted by Gasteiger charge is 2.23. The molecule has 2 amide bonds. The fourth-order valence-corrected chi connectivity index (χ4v) is 1.97. The van der Waals surface area contributed by atoms with Crippen LogP contribution < -0.4 is 22.1 Å². The number of carbonyl (C=O) groups excluding carboxylic acids is 2. The smallest absolute Gasteiger partial charge is 0.250 e. The van der Waals surface area contributed by atoms with Crippen LogP contribution in [0.15, 0.2) is 12.1 Å². The zero-order valence-corrected chi connectivity index (χ0v) is 11.0. The van der Waals surface area contributed by atoms with Crippen molar-refractivity contribution in [1.29, 1.82) is 0 Å². The molecule has 0 aromatic heterocycles. The summed E-state index contributed by atoms with van der Waals surface area (Å²) in [5, 5.41) is 5.90. The zero-order chi connectivity index (χ0) is 14.0. The lowest BCUT2D eigenvalue weighted by Gasteiger charge is -2.13. The molecule has 1 saturated carbocycles. The predicted molar refractivity (Wildman–Crippen MR) is 74.0 cm³/mol. The van der Waals surface area contributed by atoms with E-state index in [4.69, 9.17) is 23.1 Å². The van der Waals surface area contributed by atoms with Gasteiger partial charge in [-0.05, 0) is 25.0 Å². The Morgan fingerprint density at radius 1 is 1.37 bits per heavy atom. The molecule has 1 fully saturated rings. The summed E-state index contributed by atoms with van der Waals surface area (Å²) in [7, 11) is 0. The number of halogens is 1. The second-order valence-corrected chi connectivity index (χ2v) is 4.89. The van der Waals surface area contributed by atoms with Crippen LogP contribution in [0.5, 0.6) is 0 Å². The summed E-state index contributed by atoms with van der Waals surface area (Å²) < 4.78 is 0. The molecule has 0 spiro atoms. The Morgan fingerprint density at radius 2 is 2.05 bits per heavy atom. The minimum absolute atomic E-state index is 0.0282. The normalized spacial score (nSPS) is 13.9. The van der Waals surface area contributed by atoms with Crippen LogP contribution >= 0.6 is 11.6 Å². The Hall–Kier alpha value is -1.95. The maximum absolute atomic E-state index is 11.6. The summed E-state index contributed by atoms with van der Waals surface area (Å²) in [5.41, 5.74) is 11.7. The molecule has 1 aromatic carbocycles. The standard InChI is InChI=1S/C12H15ClN4O2/c13-9-4-6(14)3-8(12(15)19)11(9)16-5-10(18)17-7-1-2-7/h3-4,7,16H,1-2,5,14H2,(H2,15,19)(H,17,18). The van der Waals surface area contributed by atoms with E-state index in [1.54, 1.807) is 0 Å². The molecule has 6 N–H and O–H groups in total. The van der Waals surface area contributed by atoms with Gasteiger partial charge in [0.05, 0.1) is 22.8 Å². The van der Waals surface area contributed by atoms with E-state index in [1.807, 2.05) is 0 Å². The highest BCUT2D eigenvalue weighted by atomic mass is 35.5. The molecular weight excluding hydrogens is 268 g/mol. The van der Waals surface area contributed by atoms with Gasteiger partial charge in [0.25, 0.3) is 5.91 Å². The predicted octanol–water partition coefficient (Wildman–Crippen LogP) is 0.712. The van der Waals surface area contributed by atoms with Crippen LogP contribution in [0.1, 0.15) is 23.2 Å². The number of nitrogens with two attached hydrogens (primary N) is 2. The number of primary amides is 1. The number of rotatable bonds is 5. The third kappa shape index (κ3) is 3.51. The number of nitrogens with one attached hydrogen (secondary N) is 2. The van der Waals surface area contributed by atoms with Crippen LogP contribution in [0, 0.1) is 0 Å². The monoisotopic (exact) mass is 282 g/mol. The number of hydrogen-bond donors (Lipinski definition) is 4. The van der Waals surface area contributed by atoms with E-state index in [0.29, 0.717) is 11.4 Å². The van der Waals surface area contributed by atoms with Crippen molar-refractivity contribution in [2.24, 2.45) is 5.73 Å². The number of carbonyl (C=O) groups is 2. The Balaban J connectivity index is 2.09. The van der Waals surface area contributed by atoms with Gasteiger partial charge in [-0.1, -0.05) is 11.6 Å². The highest BCUT2D eigenvalue weighted by molar-refractivity contribution is 6.34. The summed E-state index contributed by atoms with van der Waals surface area (Å²) in [5.74, 6) is -0.801. The van der Waals surface area contributed by atoms with Gasteiger partial charge in [-0.25, -0.2) is 0 Å². The Morgan fingerprint density at radius 3 is 2.63 bits per heavy atom. The molecule has 2 rings (SSSR count). The first-order valence-corrected chi connectivity index (χ1v) is 6.27. The van der Waals surface area contributed by atoms with Crippen LogP contribution in [-0.2, 0) is 4.79 Å². The van der Waals surface area contributed by atoms with Gasteiger partial charge >= 0.3 is 0 Å². The molecule has 102 valence electrons.